The number of esters is 1. The van der Waals surface area contributed by atoms with Gasteiger partial charge in [0.25, 0.3) is 5.69 Å². The number of benzene rings is 2. The maximum atomic E-state index is 11.5. The van der Waals surface area contributed by atoms with E-state index in [1.807, 2.05) is 0 Å². The van der Waals surface area contributed by atoms with Crippen molar-refractivity contribution < 1.29 is 23.9 Å². The van der Waals surface area contributed by atoms with Crippen LogP contribution in [0.25, 0.3) is 11.6 Å². The fourth-order valence-electron chi connectivity index (χ4n) is 2.41. The van der Waals surface area contributed by atoms with Gasteiger partial charge in [-0.2, -0.15) is 5.26 Å². The standard InChI is InChI=1S/C20H17BrN2O6/c1-3-28-19(24)12-29-20-17(21)9-13(10-18(20)27-2)8-15(11-22)14-4-6-16(7-5-14)23(25)26/h4-10H,3,12H2,1-2H3/b15-8-. The first kappa shape index (κ1) is 21.9. The number of nitriles is 1. The van der Waals surface area contributed by atoms with Crippen molar-refractivity contribution in [3.63, 3.8) is 0 Å². The van der Waals surface area contributed by atoms with E-state index in [1.165, 1.54) is 31.4 Å². The van der Waals surface area contributed by atoms with Gasteiger partial charge in [-0.15, -0.1) is 0 Å². The highest BCUT2D eigenvalue weighted by molar-refractivity contribution is 9.10. The van der Waals surface area contributed by atoms with E-state index in [1.54, 1.807) is 25.1 Å². The van der Waals surface area contributed by atoms with E-state index in [-0.39, 0.29) is 18.9 Å². The number of rotatable bonds is 8. The number of allylic oxidation sites excluding steroid dienone is 1. The Balaban J connectivity index is 2.33. The fraction of sp³-hybridized carbons (Fsp3) is 0.200. The largest absolute Gasteiger partial charge is 0.493 e. The first-order valence-corrected chi connectivity index (χ1v) is 9.21. The molecule has 2 aromatic carbocycles. The smallest absolute Gasteiger partial charge is 0.344 e. The third kappa shape index (κ3) is 5.80. The normalized spacial score (nSPS) is 10.8. The predicted octanol–water partition coefficient (Wildman–Crippen LogP) is 4.37. The predicted molar refractivity (Wildman–Crippen MR) is 109 cm³/mol. The first-order chi connectivity index (χ1) is 13.9. The van der Waals surface area contributed by atoms with Crippen molar-refractivity contribution >= 4 is 39.2 Å². The van der Waals surface area contributed by atoms with Crippen molar-refractivity contribution in [1.82, 2.24) is 0 Å². The third-order valence-corrected chi connectivity index (χ3v) is 4.30. The molecule has 0 aliphatic heterocycles. The summed E-state index contributed by atoms with van der Waals surface area (Å²) in [6.45, 7) is 1.68. The molecule has 150 valence electrons. The summed E-state index contributed by atoms with van der Waals surface area (Å²) in [7, 11) is 1.45. The van der Waals surface area contributed by atoms with Crippen LogP contribution in [0.15, 0.2) is 40.9 Å². The number of carbonyl (C=O) groups excluding carboxylic acids is 1. The molecule has 2 rings (SSSR count). The highest BCUT2D eigenvalue weighted by Gasteiger charge is 2.14. The van der Waals surface area contributed by atoms with Crippen LogP contribution >= 0.6 is 15.9 Å². The average molecular weight is 461 g/mol. The minimum Gasteiger partial charge on any atom is -0.493 e. The molecular weight excluding hydrogens is 444 g/mol. The van der Waals surface area contributed by atoms with Crippen LogP contribution in [0, 0.1) is 21.4 Å². The zero-order chi connectivity index (χ0) is 21.4. The van der Waals surface area contributed by atoms with E-state index in [2.05, 4.69) is 22.0 Å². The molecule has 0 saturated heterocycles. The van der Waals surface area contributed by atoms with Gasteiger partial charge in [-0.05, 0) is 64.3 Å². The molecular formula is C20H17BrN2O6. The van der Waals surface area contributed by atoms with Crippen molar-refractivity contribution in [2.24, 2.45) is 0 Å². The second kappa shape index (κ2) is 10.2. The summed E-state index contributed by atoms with van der Waals surface area (Å²) in [6, 6.07) is 11.1. The van der Waals surface area contributed by atoms with Gasteiger partial charge in [-0.25, -0.2) is 4.79 Å². The quantitative estimate of drug-likeness (QED) is 0.189. The van der Waals surface area contributed by atoms with E-state index in [9.17, 15) is 20.2 Å². The molecule has 2 aromatic rings. The first-order valence-electron chi connectivity index (χ1n) is 8.42. The van der Waals surface area contributed by atoms with E-state index in [0.29, 0.717) is 32.7 Å². The Kier molecular flexibility index (Phi) is 7.74. The summed E-state index contributed by atoms with van der Waals surface area (Å²) < 4.78 is 16.2. The Bertz CT molecular complexity index is 980. The summed E-state index contributed by atoms with van der Waals surface area (Å²) in [6.07, 6.45) is 1.61. The lowest BCUT2D eigenvalue weighted by Crippen LogP contribution is -2.15. The molecule has 0 fully saturated rings. The van der Waals surface area contributed by atoms with Crippen molar-refractivity contribution in [3.8, 4) is 17.6 Å². The lowest BCUT2D eigenvalue weighted by atomic mass is 10.0. The number of halogens is 1. The maximum absolute atomic E-state index is 11.5. The Labute approximate surface area is 175 Å². The fourth-order valence-corrected chi connectivity index (χ4v) is 2.98. The van der Waals surface area contributed by atoms with E-state index in [4.69, 9.17) is 14.2 Å². The summed E-state index contributed by atoms with van der Waals surface area (Å²) in [4.78, 5) is 21.8. The number of carbonyl (C=O) groups is 1. The van der Waals surface area contributed by atoms with Crippen LogP contribution in [-0.4, -0.2) is 31.2 Å². The van der Waals surface area contributed by atoms with Crippen LogP contribution in [0.2, 0.25) is 0 Å². The number of nitrogens with zero attached hydrogens (tertiary/aromatic N) is 2. The van der Waals surface area contributed by atoms with Gasteiger partial charge < -0.3 is 14.2 Å². The molecule has 9 heteroatoms. The molecule has 0 unspecified atom stereocenters. The summed E-state index contributed by atoms with van der Waals surface area (Å²) in [5.74, 6) is 0.179. The van der Waals surface area contributed by atoms with Crippen molar-refractivity contribution in [2.45, 2.75) is 6.92 Å². The van der Waals surface area contributed by atoms with E-state index >= 15 is 0 Å². The van der Waals surface area contributed by atoms with Crippen LogP contribution in [0.3, 0.4) is 0 Å². The van der Waals surface area contributed by atoms with Crippen molar-refractivity contribution in [1.29, 1.82) is 5.26 Å². The highest BCUT2D eigenvalue weighted by atomic mass is 79.9. The monoisotopic (exact) mass is 460 g/mol. The molecule has 0 bridgehead atoms. The van der Waals surface area contributed by atoms with Gasteiger partial charge in [0.2, 0.25) is 0 Å². The SMILES string of the molecule is CCOC(=O)COc1c(Br)cc(/C=C(/C#N)c2ccc([N+](=O)[O-])cc2)cc1OC. The molecule has 0 aliphatic rings. The molecule has 0 atom stereocenters. The van der Waals surface area contributed by atoms with Gasteiger partial charge in [0.1, 0.15) is 0 Å². The number of non-ortho nitro benzene ring substituents is 1. The van der Waals surface area contributed by atoms with Crippen molar-refractivity contribution in [2.75, 3.05) is 20.3 Å². The van der Waals surface area contributed by atoms with Gasteiger partial charge >= 0.3 is 5.97 Å². The third-order valence-electron chi connectivity index (χ3n) is 3.71. The summed E-state index contributed by atoms with van der Waals surface area (Å²) in [5.41, 5.74) is 1.43. The zero-order valence-corrected chi connectivity index (χ0v) is 17.3. The molecule has 29 heavy (non-hydrogen) atoms. The Morgan fingerprint density at radius 3 is 2.55 bits per heavy atom. The molecule has 0 aromatic heterocycles. The summed E-state index contributed by atoms with van der Waals surface area (Å²) in [5, 5.41) is 20.3. The van der Waals surface area contributed by atoms with Gasteiger partial charge in [-0.3, -0.25) is 10.1 Å². The molecule has 0 amide bonds. The van der Waals surface area contributed by atoms with Crippen LogP contribution in [0.1, 0.15) is 18.1 Å². The molecule has 0 heterocycles. The Morgan fingerprint density at radius 2 is 2.00 bits per heavy atom. The van der Waals surface area contributed by atoms with Crippen LogP contribution < -0.4 is 9.47 Å². The maximum Gasteiger partial charge on any atom is 0.344 e. The minimum absolute atomic E-state index is 0.0569. The topological polar surface area (TPSA) is 112 Å². The number of methoxy groups -OCH3 is 1. The van der Waals surface area contributed by atoms with E-state index < -0.39 is 10.9 Å². The van der Waals surface area contributed by atoms with Crippen molar-refractivity contribution in [3.05, 3.63) is 62.1 Å². The average Bonchev–Trinajstić information content (AvgIpc) is 2.71. The molecule has 8 nitrogen and oxygen atoms in total. The molecule has 0 radical (unpaired) electrons. The van der Waals surface area contributed by atoms with Crippen LogP contribution in [-0.2, 0) is 9.53 Å². The number of ether oxygens (including phenoxy) is 3. The second-order valence-electron chi connectivity index (χ2n) is 5.60. The highest BCUT2D eigenvalue weighted by Crippen LogP contribution is 2.37. The van der Waals surface area contributed by atoms with Gasteiger partial charge in [0.15, 0.2) is 18.1 Å². The minimum atomic E-state index is -0.504. The van der Waals surface area contributed by atoms with Gasteiger partial charge in [0.05, 0.1) is 34.8 Å². The number of hydrogen-bond donors (Lipinski definition) is 0. The lowest BCUT2D eigenvalue weighted by Gasteiger charge is -2.13. The Hall–Kier alpha value is -3.38. The zero-order valence-electron chi connectivity index (χ0n) is 15.7. The molecule has 0 aliphatic carbocycles. The second-order valence-corrected chi connectivity index (χ2v) is 6.46. The molecule has 0 N–H and O–H groups in total. The summed E-state index contributed by atoms with van der Waals surface area (Å²) >= 11 is 3.38. The molecule has 0 saturated carbocycles. The van der Waals surface area contributed by atoms with Crippen LogP contribution in [0.4, 0.5) is 5.69 Å². The van der Waals surface area contributed by atoms with E-state index in [0.717, 1.165) is 0 Å². The van der Waals surface area contributed by atoms with Crippen LogP contribution in [0.5, 0.6) is 11.5 Å². The lowest BCUT2D eigenvalue weighted by molar-refractivity contribution is -0.384. The molecule has 0 spiro atoms. The van der Waals surface area contributed by atoms with Gasteiger partial charge in [0, 0.05) is 12.1 Å². The Morgan fingerprint density at radius 1 is 1.31 bits per heavy atom. The number of hydrogen-bond acceptors (Lipinski definition) is 7. The van der Waals surface area contributed by atoms with Gasteiger partial charge in [-0.1, -0.05) is 0 Å². The number of nitro benzene ring substituents is 1. The number of nitro groups is 1.